The van der Waals surface area contributed by atoms with Gasteiger partial charge in [-0.15, -0.1) is 0 Å². The Balaban J connectivity index is 1.39. The average molecular weight is 241 g/mol. The Kier molecular flexibility index (Phi) is 2.51. The van der Waals surface area contributed by atoms with Gasteiger partial charge in [0.2, 0.25) is 0 Å². The van der Waals surface area contributed by atoms with Gasteiger partial charge < -0.3 is 5.73 Å². The summed E-state index contributed by atoms with van der Waals surface area (Å²) in [5.74, 6) is 3.65. The molecule has 1 nitrogen and oxygen atoms in total. The first-order valence-corrected chi connectivity index (χ1v) is 7.68. The standard InChI is InChI=1S/C17H23N/c18-16(17-14-7-3-4-8-15(14)17)10-12-9-11-5-1-2-6-13(11)12/h1-2,5-6,12,14-17H,3-4,7-10,18H2. The fourth-order valence-electron chi connectivity index (χ4n) is 4.74. The molecule has 2 saturated carbocycles. The van der Waals surface area contributed by atoms with Crippen molar-refractivity contribution in [2.24, 2.45) is 23.5 Å². The highest BCUT2D eigenvalue weighted by Crippen LogP contribution is 2.57. The molecule has 3 aliphatic rings. The van der Waals surface area contributed by atoms with Gasteiger partial charge in [-0.3, -0.25) is 0 Å². The van der Waals surface area contributed by atoms with Crippen molar-refractivity contribution in [1.82, 2.24) is 0 Å². The van der Waals surface area contributed by atoms with Crippen molar-refractivity contribution in [1.29, 1.82) is 0 Å². The second-order valence-corrected chi connectivity index (χ2v) is 6.69. The van der Waals surface area contributed by atoms with Crippen LogP contribution in [-0.2, 0) is 6.42 Å². The topological polar surface area (TPSA) is 26.0 Å². The number of nitrogens with two attached hydrogens (primary N) is 1. The molecule has 0 aliphatic heterocycles. The highest BCUT2D eigenvalue weighted by Gasteiger charge is 2.53. The molecule has 0 saturated heterocycles. The van der Waals surface area contributed by atoms with Crippen LogP contribution < -0.4 is 5.73 Å². The summed E-state index contributed by atoms with van der Waals surface area (Å²) in [5.41, 5.74) is 9.64. The predicted molar refractivity (Wildman–Crippen MR) is 74.4 cm³/mol. The van der Waals surface area contributed by atoms with E-state index in [4.69, 9.17) is 5.73 Å². The molecule has 96 valence electrons. The smallest absolute Gasteiger partial charge is 0.00786 e. The summed E-state index contributed by atoms with van der Waals surface area (Å²) in [6.45, 7) is 0. The number of benzene rings is 1. The van der Waals surface area contributed by atoms with E-state index in [0.29, 0.717) is 6.04 Å². The molecule has 3 aliphatic carbocycles. The second kappa shape index (κ2) is 4.09. The first kappa shape index (κ1) is 11.0. The molecule has 0 bridgehead atoms. The van der Waals surface area contributed by atoms with Crippen LogP contribution in [-0.4, -0.2) is 6.04 Å². The lowest BCUT2D eigenvalue weighted by Gasteiger charge is -2.32. The molecule has 4 atom stereocenters. The molecule has 0 heterocycles. The fourth-order valence-corrected chi connectivity index (χ4v) is 4.74. The Bertz CT molecular complexity index is 441. The van der Waals surface area contributed by atoms with Crippen molar-refractivity contribution in [3.63, 3.8) is 0 Å². The first-order chi connectivity index (χ1) is 8.84. The van der Waals surface area contributed by atoms with Crippen molar-refractivity contribution >= 4 is 0 Å². The van der Waals surface area contributed by atoms with Gasteiger partial charge in [-0.2, -0.15) is 0 Å². The Hall–Kier alpha value is -0.820. The van der Waals surface area contributed by atoms with Gasteiger partial charge in [0.15, 0.2) is 0 Å². The molecule has 0 aromatic heterocycles. The molecule has 2 fully saturated rings. The van der Waals surface area contributed by atoms with E-state index in [1.165, 1.54) is 38.5 Å². The highest BCUT2D eigenvalue weighted by atomic mass is 14.7. The van der Waals surface area contributed by atoms with Crippen LogP contribution in [0.4, 0.5) is 0 Å². The third-order valence-electron chi connectivity index (χ3n) is 5.74. The molecule has 2 N–H and O–H groups in total. The zero-order valence-corrected chi connectivity index (χ0v) is 11.0. The van der Waals surface area contributed by atoms with Crippen LogP contribution in [0.25, 0.3) is 0 Å². The van der Waals surface area contributed by atoms with Crippen LogP contribution >= 0.6 is 0 Å². The van der Waals surface area contributed by atoms with E-state index in [0.717, 1.165) is 23.7 Å². The molecular formula is C17H23N. The van der Waals surface area contributed by atoms with E-state index in [2.05, 4.69) is 24.3 Å². The normalized spacial score (nSPS) is 38.3. The van der Waals surface area contributed by atoms with Gasteiger partial charge in [0, 0.05) is 6.04 Å². The lowest BCUT2D eigenvalue weighted by molar-refractivity contribution is 0.431. The van der Waals surface area contributed by atoms with E-state index in [-0.39, 0.29) is 0 Å². The van der Waals surface area contributed by atoms with E-state index >= 15 is 0 Å². The molecule has 1 aromatic carbocycles. The Morgan fingerprint density at radius 1 is 1.11 bits per heavy atom. The second-order valence-electron chi connectivity index (χ2n) is 6.69. The molecule has 4 rings (SSSR count). The molecular weight excluding hydrogens is 218 g/mol. The van der Waals surface area contributed by atoms with Crippen LogP contribution in [0.3, 0.4) is 0 Å². The lowest BCUT2D eigenvalue weighted by Crippen LogP contribution is -2.30. The number of hydrogen-bond acceptors (Lipinski definition) is 1. The third-order valence-corrected chi connectivity index (χ3v) is 5.74. The van der Waals surface area contributed by atoms with Crippen LogP contribution in [0.15, 0.2) is 24.3 Å². The molecule has 4 unspecified atom stereocenters. The summed E-state index contributed by atoms with van der Waals surface area (Å²) >= 11 is 0. The molecule has 1 aromatic rings. The van der Waals surface area contributed by atoms with Crippen molar-refractivity contribution in [2.75, 3.05) is 0 Å². The molecule has 0 amide bonds. The fraction of sp³-hybridized carbons (Fsp3) is 0.647. The predicted octanol–water partition coefficient (Wildman–Crippen LogP) is 3.48. The van der Waals surface area contributed by atoms with Crippen molar-refractivity contribution < 1.29 is 0 Å². The highest BCUT2D eigenvalue weighted by molar-refractivity contribution is 5.40. The quantitative estimate of drug-likeness (QED) is 0.861. The van der Waals surface area contributed by atoms with Gasteiger partial charge in [0.25, 0.3) is 0 Å². The molecule has 18 heavy (non-hydrogen) atoms. The van der Waals surface area contributed by atoms with Gasteiger partial charge in [-0.05, 0) is 60.5 Å². The van der Waals surface area contributed by atoms with E-state index in [9.17, 15) is 0 Å². The maximum atomic E-state index is 6.51. The van der Waals surface area contributed by atoms with Gasteiger partial charge in [0.1, 0.15) is 0 Å². The van der Waals surface area contributed by atoms with Crippen LogP contribution in [0, 0.1) is 17.8 Å². The Morgan fingerprint density at radius 3 is 2.56 bits per heavy atom. The summed E-state index contributed by atoms with van der Waals surface area (Å²) in [6, 6.07) is 9.37. The monoisotopic (exact) mass is 241 g/mol. The summed E-state index contributed by atoms with van der Waals surface area (Å²) in [4.78, 5) is 0. The van der Waals surface area contributed by atoms with Gasteiger partial charge in [0.05, 0.1) is 0 Å². The summed E-state index contributed by atoms with van der Waals surface area (Å²) in [6.07, 6.45) is 8.34. The van der Waals surface area contributed by atoms with Gasteiger partial charge in [-0.1, -0.05) is 37.1 Å². The minimum absolute atomic E-state index is 0.469. The van der Waals surface area contributed by atoms with Crippen LogP contribution in [0.1, 0.15) is 49.1 Å². The van der Waals surface area contributed by atoms with Gasteiger partial charge >= 0.3 is 0 Å². The zero-order chi connectivity index (χ0) is 12.1. The van der Waals surface area contributed by atoms with E-state index in [1.807, 2.05) is 0 Å². The summed E-state index contributed by atoms with van der Waals surface area (Å²) < 4.78 is 0. The van der Waals surface area contributed by atoms with E-state index in [1.54, 1.807) is 11.1 Å². The SMILES string of the molecule is NC(CC1Cc2ccccc21)C1C2CCCCC21. The maximum Gasteiger partial charge on any atom is 0.00786 e. The van der Waals surface area contributed by atoms with Crippen LogP contribution in [0.5, 0.6) is 0 Å². The average Bonchev–Trinajstić information content (AvgIpc) is 3.10. The van der Waals surface area contributed by atoms with Crippen molar-refractivity contribution in [3.8, 4) is 0 Å². The minimum atomic E-state index is 0.469. The Labute approximate surface area is 110 Å². The largest absolute Gasteiger partial charge is 0.327 e. The lowest BCUT2D eigenvalue weighted by atomic mass is 9.74. The summed E-state index contributed by atoms with van der Waals surface area (Å²) in [7, 11) is 0. The van der Waals surface area contributed by atoms with E-state index < -0.39 is 0 Å². The number of rotatable bonds is 3. The van der Waals surface area contributed by atoms with Crippen LogP contribution in [0.2, 0.25) is 0 Å². The van der Waals surface area contributed by atoms with Crippen molar-refractivity contribution in [2.45, 2.75) is 50.5 Å². The third kappa shape index (κ3) is 1.64. The molecule has 1 heteroatoms. The minimum Gasteiger partial charge on any atom is -0.327 e. The molecule has 0 radical (unpaired) electrons. The van der Waals surface area contributed by atoms with Gasteiger partial charge in [-0.25, -0.2) is 0 Å². The zero-order valence-electron chi connectivity index (χ0n) is 11.0. The number of fused-ring (bicyclic) bond motifs is 2. The first-order valence-electron chi connectivity index (χ1n) is 7.68. The maximum absolute atomic E-state index is 6.51. The summed E-state index contributed by atoms with van der Waals surface area (Å²) in [5, 5.41) is 0. The Morgan fingerprint density at radius 2 is 1.83 bits per heavy atom. The molecule has 0 spiro atoms. The van der Waals surface area contributed by atoms with Crippen molar-refractivity contribution in [3.05, 3.63) is 35.4 Å². The number of hydrogen-bond donors (Lipinski definition) is 1.